The van der Waals surface area contributed by atoms with Crippen LogP contribution in [0.3, 0.4) is 0 Å². The monoisotopic (exact) mass is 553 g/mol. The van der Waals surface area contributed by atoms with E-state index in [0.717, 1.165) is 40.8 Å². The Morgan fingerprint density at radius 1 is 1.23 bits per heavy atom. The molecule has 0 bridgehead atoms. The minimum atomic E-state index is -4.44. The molecular formula is C19H23F3IN5OS. The van der Waals surface area contributed by atoms with Crippen LogP contribution in [0.2, 0.25) is 0 Å². The Hall–Kier alpha value is -1.89. The number of amides is 1. The summed E-state index contributed by atoms with van der Waals surface area (Å²) in [6.07, 6.45) is -2.94. The summed E-state index contributed by atoms with van der Waals surface area (Å²) < 4.78 is 37.9. The van der Waals surface area contributed by atoms with Crippen LogP contribution in [0.1, 0.15) is 34.7 Å². The molecule has 164 valence electrons. The van der Waals surface area contributed by atoms with Crippen molar-refractivity contribution >= 4 is 47.2 Å². The molecule has 0 saturated carbocycles. The van der Waals surface area contributed by atoms with Gasteiger partial charge < -0.3 is 15.5 Å². The Bertz CT molecular complexity index is 887. The second-order valence-corrected chi connectivity index (χ2v) is 7.53. The second-order valence-electron chi connectivity index (χ2n) is 6.59. The van der Waals surface area contributed by atoms with Gasteiger partial charge in [-0.1, -0.05) is 24.3 Å². The molecule has 2 N–H and O–H groups in total. The van der Waals surface area contributed by atoms with E-state index in [1.165, 1.54) is 0 Å². The van der Waals surface area contributed by atoms with Gasteiger partial charge in [0.05, 0.1) is 6.54 Å². The zero-order valence-corrected chi connectivity index (χ0v) is 19.5. The standard InChI is InChI=1S/C19H22F3N5OS.HI/c1-23-18(25-10-16-26-15(12-29-16)19(20,21)22)24-9-13-5-2-3-6-14(13)11-27-8-4-7-17(27)28;/h2-3,5-6,12H,4,7-11H2,1H3,(H2,23,24,25);1H. The molecule has 2 heterocycles. The van der Waals surface area contributed by atoms with E-state index in [1.54, 1.807) is 7.05 Å². The first kappa shape index (κ1) is 24.4. The zero-order valence-electron chi connectivity index (χ0n) is 16.3. The van der Waals surface area contributed by atoms with Crippen molar-refractivity contribution < 1.29 is 18.0 Å². The number of nitrogens with one attached hydrogen (secondary N) is 2. The molecule has 6 nitrogen and oxygen atoms in total. The molecule has 1 amide bonds. The molecule has 2 aromatic rings. The molecule has 0 unspecified atom stereocenters. The molecule has 30 heavy (non-hydrogen) atoms. The highest BCUT2D eigenvalue weighted by Crippen LogP contribution is 2.29. The lowest BCUT2D eigenvalue weighted by molar-refractivity contribution is -0.140. The second kappa shape index (κ2) is 10.9. The minimum Gasteiger partial charge on any atom is -0.352 e. The van der Waals surface area contributed by atoms with E-state index in [2.05, 4.69) is 20.6 Å². The third-order valence-electron chi connectivity index (χ3n) is 4.57. The third kappa shape index (κ3) is 6.56. The lowest BCUT2D eigenvalue weighted by atomic mass is 10.1. The highest BCUT2D eigenvalue weighted by Gasteiger charge is 2.33. The van der Waals surface area contributed by atoms with Crippen molar-refractivity contribution in [1.29, 1.82) is 0 Å². The molecule has 1 aromatic carbocycles. The molecule has 0 aliphatic carbocycles. The lowest BCUT2D eigenvalue weighted by Gasteiger charge is -2.19. The van der Waals surface area contributed by atoms with Crippen molar-refractivity contribution in [3.05, 3.63) is 51.5 Å². The van der Waals surface area contributed by atoms with Crippen molar-refractivity contribution in [2.45, 2.75) is 38.7 Å². The predicted molar refractivity (Wildman–Crippen MR) is 121 cm³/mol. The molecule has 0 atom stereocenters. The lowest BCUT2D eigenvalue weighted by Crippen LogP contribution is -2.36. The Kier molecular flexibility index (Phi) is 8.89. The number of alkyl halides is 3. The normalized spacial score (nSPS) is 14.6. The first-order valence-electron chi connectivity index (χ1n) is 9.17. The Morgan fingerprint density at radius 2 is 1.93 bits per heavy atom. The van der Waals surface area contributed by atoms with Crippen LogP contribution in [0.15, 0.2) is 34.6 Å². The van der Waals surface area contributed by atoms with Crippen molar-refractivity contribution in [3.8, 4) is 0 Å². The summed E-state index contributed by atoms with van der Waals surface area (Å²) in [6.45, 7) is 1.97. The first-order chi connectivity index (χ1) is 13.9. The molecule has 0 radical (unpaired) electrons. The van der Waals surface area contributed by atoms with Crippen molar-refractivity contribution in [2.75, 3.05) is 13.6 Å². The number of thiazole rings is 1. The van der Waals surface area contributed by atoms with Gasteiger partial charge in [0.25, 0.3) is 0 Å². The predicted octanol–water partition coefficient (Wildman–Crippen LogP) is 3.77. The number of carbonyl (C=O) groups excluding carboxylic acids is 1. The maximum Gasteiger partial charge on any atom is 0.434 e. The number of guanidine groups is 1. The third-order valence-corrected chi connectivity index (χ3v) is 5.42. The summed E-state index contributed by atoms with van der Waals surface area (Å²) in [6, 6.07) is 7.84. The highest BCUT2D eigenvalue weighted by atomic mass is 127. The van der Waals surface area contributed by atoms with Crippen LogP contribution in [-0.4, -0.2) is 35.3 Å². The number of halogens is 4. The first-order valence-corrected chi connectivity index (χ1v) is 10.1. The smallest absolute Gasteiger partial charge is 0.352 e. The molecule has 0 spiro atoms. The van der Waals surface area contributed by atoms with Crippen LogP contribution in [0.25, 0.3) is 0 Å². The number of rotatable bonds is 6. The van der Waals surface area contributed by atoms with Gasteiger partial charge >= 0.3 is 6.18 Å². The number of hydrogen-bond donors (Lipinski definition) is 2. The SMILES string of the molecule is CN=C(NCc1nc(C(F)(F)F)cs1)NCc1ccccc1CN1CCCC1=O.I. The van der Waals surface area contributed by atoms with Gasteiger partial charge in [0.15, 0.2) is 11.7 Å². The van der Waals surface area contributed by atoms with Crippen molar-refractivity contribution in [3.63, 3.8) is 0 Å². The van der Waals surface area contributed by atoms with Gasteiger partial charge in [-0.25, -0.2) is 4.98 Å². The zero-order chi connectivity index (χ0) is 20.9. The van der Waals surface area contributed by atoms with Gasteiger partial charge in [-0.05, 0) is 17.5 Å². The van der Waals surface area contributed by atoms with Gasteiger partial charge in [-0.3, -0.25) is 9.79 Å². The maximum atomic E-state index is 12.6. The molecule has 1 aliphatic heterocycles. The van der Waals surface area contributed by atoms with Crippen LogP contribution in [0, 0.1) is 0 Å². The Labute approximate surface area is 194 Å². The van der Waals surface area contributed by atoms with Gasteiger partial charge in [-0.15, -0.1) is 35.3 Å². The number of carbonyl (C=O) groups is 1. The fraction of sp³-hybridized carbons (Fsp3) is 0.421. The van der Waals surface area contributed by atoms with Crippen LogP contribution >= 0.6 is 35.3 Å². The number of benzene rings is 1. The number of nitrogens with zero attached hydrogens (tertiary/aromatic N) is 3. The molecular weight excluding hydrogens is 530 g/mol. The summed E-state index contributed by atoms with van der Waals surface area (Å²) in [5.74, 6) is 0.632. The van der Waals surface area contributed by atoms with Gasteiger partial charge in [-0.2, -0.15) is 13.2 Å². The molecule has 11 heteroatoms. The van der Waals surface area contributed by atoms with E-state index in [4.69, 9.17) is 0 Å². The van der Waals surface area contributed by atoms with Crippen LogP contribution in [-0.2, 0) is 30.6 Å². The topological polar surface area (TPSA) is 69.6 Å². The van der Waals surface area contributed by atoms with Gasteiger partial charge in [0, 0.05) is 38.5 Å². The average molecular weight is 553 g/mol. The number of aliphatic imine (C=N–C) groups is 1. The quantitative estimate of drug-likeness (QED) is 0.325. The Balaban J connectivity index is 0.00000320. The van der Waals surface area contributed by atoms with Crippen LogP contribution in [0.5, 0.6) is 0 Å². The van der Waals surface area contributed by atoms with Crippen LogP contribution in [0.4, 0.5) is 13.2 Å². The van der Waals surface area contributed by atoms with E-state index in [1.807, 2.05) is 29.2 Å². The number of likely N-dealkylation sites (tertiary alicyclic amines) is 1. The summed E-state index contributed by atoms with van der Waals surface area (Å²) in [4.78, 5) is 21.4. The fourth-order valence-electron chi connectivity index (χ4n) is 3.04. The van der Waals surface area contributed by atoms with Gasteiger partial charge in [0.1, 0.15) is 5.01 Å². The average Bonchev–Trinajstić information content (AvgIpc) is 3.32. The fourth-order valence-corrected chi connectivity index (χ4v) is 3.78. The highest BCUT2D eigenvalue weighted by molar-refractivity contribution is 14.0. The molecule has 1 fully saturated rings. The minimum absolute atomic E-state index is 0. The summed E-state index contributed by atoms with van der Waals surface area (Å²) in [7, 11) is 1.59. The molecule has 1 aliphatic rings. The summed E-state index contributed by atoms with van der Waals surface area (Å²) in [5, 5.41) is 7.47. The van der Waals surface area contributed by atoms with Crippen molar-refractivity contribution in [1.82, 2.24) is 20.5 Å². The summed E-state index contributed by atoms with van der Waals surface area (Å²) >= 11 is 0.950. The van der Waals surface area contributed by atoms with E-state index in [0.29, 0.717) is 30.5 Å². The van der Waals surface area contributed by atoms with E-state index < -0.39 is 11.9 Å². The maximum absolute atomic E-state index is 12.6. The Morgan fingerprint density at radius 3 is 2.53 bits per heavy atom. The number of hydrogen-bond acceptors (Lipinski definition) is 4. The van der Waals surface area contributed by atoms with Crippen LogP contribution < -0.4 is 10.6 Å². The largest absolute Gasteiger partial charge is 0.434 e. The molecule has 1 aromatic heterocycles. The van der Waals surface area contributed by atoms with Crippen molar-refractivity contribution in [2.24, 2.45) is 4.99 Å². The van der Waals surface area contributed by atoms with E-state index in [9.17, 15) is 18.0 Å². The number of aromatic nitrogens is 1. The van der Waals surface area contributed by atoms with Gasteiger partial charge in [0.2, 0.25) is 5.91 Å². The van der Waals surface area contributed by atoms with E-state index in [-0.39, 0.29) is 36.4 Å². The van der Waals surface area contributed by atoms with E-state index >= 15 is 0 Å². The molecule has 1 saturated heterocycles. The molecule has 3 rings (SSSR count). The summed E-state index contributed by atoms with van der Waals surface area (Å²) in [5.41, 5.74) is 1.21.